The summed E-state index contributed by atoms with van der Waals surface area (Å²) in [6.45, 7) is 0.999. The molecular weight excluding hydrogens is 422 g/mol. The highest BCUT2D eigenvalue weighted by molar-refractivity contribution is 5.75. The molecular formula is C29H29N3O2. The predicted molar refractivity (Wildman–Crippen MR) is 136 cm³/mol. The number of carbonyl (C=O) groups is 1. The number of hydrogen-bond donors (Lipinski definition) is 1. The van der Waals surface area contributed by atoms with Crippen molar-refractivity contribution in [1.82, 2.24) is 15.1 Å². The average Bonchev–Trinajstić information content (AvgIpc) is 2.89. The lowest BCUT2D eigenvalue weighted by atomic mass is 9.88. The Morgan fingerprint density at radius 1 is 0.794 bits per heavy atom. The summed E-state index contributed by atoms with van der Waals surface area (Å²) in [5.41, 5.74) is 4.03. The highest BCUT2D eigenvalue weighted by Crippen LogP contribution is 2.27. The Morgan fingerprint density at radius 2 is 1.38 bits per heavy atom. The Hall–Kier alpha value is -3.99. The van der Waals surface area contributed by atoms with E-state index in [9.17, 15) is 9.59 Å². The van der Waals surface area contributed by atoms with Gasteiger partial charge < -0.3 is 5.32 Å². The van der Waals surface area contributed by atoms with Crippen molar-refractivity contribution in [2.24, 2.45) is 0 Å². The van der Waals surface area contributed by atoms with Crippen LogP contribution in [0.3, 0.4) is 0 Å². The van der Waals surface area contributed by atoms with Gasteiger partial charge in [0.25, 0.3) is 5.56 Å². The van der Waals surface area contributed by atoms with Crippen LogP contribution >= 0.6 is 0 Å². The molecule has 0 bridgehead atoms. The van der Waals surface area contributed by atoms with Crippen LogP contribution in [-0.2, 0) is 11.3 Å². The number of carbonyl (C=O) groups excluding carboxylic acids is 1. The summed E-state index contributed by atoms with van der Waals surface area (Å²) >= 11 is 0. The second kappa shape index (κ2) is 11.8. The molecule has 0 aliphatic carbocycles. The van der Waals surface area contributed by atoms with Crippen molar-refractivity contribution in [2.45, 2.75) is 31.7 Å². The van der Waals surface area contributed by atoms with Gasteiger partial charge >= 0.3 is 0 Å². The van der Waals surface area contributed by atoms with Crippen LogP contribution in [0.15, 0.2) is 108 Å². The number of rotatable bonds is 10. The Kier molecular flexibility index (Phi) is 8.01. The molecule has 0 saturated carbocycles. The quantitative estimate of drug-likeness (QED) is 0.368. The van der Waals surface area contributed by atoms with Crippen LogP contribution in [0, 0.1) is 0 Å². The van der Waals surface area contributed by atoms with Crippen molar-refractivity contribution in [3.8, 4) is 11.3 Å². The van der Waals surface area contributed by atoms with Gasteiger partial charge in [0.05, 0.1) is 5.69 Å². The minimum atomic E-state index is -0.159. The molecule has 0 radical (unpaired) electrons. The Bertz CT molecular complexity index is 1200. The molecule has 1 aromatic heterocycles. The highest BCUT2D eigenvalue weighted by Gasteiger charge is 2.14. The molecule has 172 valence electrons. The van der Waals surface area contributed by atoms with Gasteiger partial charge in [-0.05, 0) is 30.0 Å². The number of amides is 1. The predicted octanol–water partition coefficient (Wildman–Crippen LogP) is 5.03. The molecule has 0 atom stereocenters. The largest absolute Gasteiger partial charge is 0.356 e. The normalized spacial score (nSPS) is 10.9. The lowest BCUT2D eigenvalue weighted by Crippen LogP contribution is -2.27. The van der Waals surface area contributed by atoms with Crippen molar-refractivity contribution in [2.75, 3.05) is 6.54 Å². The van der Waals surface area contributed by atoms with E-state index in [2.05, 4.69) is 34.7 Å². The average molecular weight is 452 g/mol. The van der Waals surface area contributed by atoms with Gasteiger partial charge in [0.15, 0.2) is 0 Å². The second-order valence-electron chi connectivity index (χ2n) is 8.26. The fourth-order valence-electron chi connectivity index (χ4n) is 4.10. The third kappa shape index (κ3) is 6.29. The summed E-state index contributed by atoms with van der Waals surface area (Å²) < 4.78 is 1.44. The van der Waals surface area contributed by atoms with E-state index in [0.29, 0.717) is 25.9 Å². The zero-order valence-electron chi connectivity index (χ0n) is 19.1. The molecule has 0 aliphatic rings. The van der Waals surface area contributed by atoms with E-state index in [1.54, 1.807) is 6.07 Å². The molecule has 3 aromatic carbocycles. The first kappa shape index (κ1) is 23.2. The topological polar surface area (TPSA) is 64.0 Å². The number of hydrogen-bond acceptors (Lipinski definition) is 3. The van der Waals surface area contributed by atoms with E-state index >= 15 is 0 Å². The summed E-state index contributed by atoms with van der Waals surface area (Å²) in [4.78, 5) is 24.6. The van der Waals surface area contributed by atoms with E-state index in [0.717, 1.165) is 17.7 Å². The van der Waals surface area contributed by atoms with Crippen molar-refractivity contribution in [1.29, 1.82) is 0 Å². The molecule has 1 N–H and O–H groups in total. The van der Waals surface area contributed by atoms with Gasteiger partial charge in [-0.1, -0.05) is 91.0 Å². The molecule has 5 nitrogen and oxygen atoms in total. The molecule has 0 aliphatic heterocycles. The first-order valence-electron chi connectivity index (χ1n) is 11.7. The third-order valence-corrected chi connectivity index (χ3v) is 5.87. The molecule has 5 heteroatoms. The van der Waals surface area contributed by atoms with Crippen molar-refractivity contribution < 1.29 is 4.79 Å². The zero-order chi connectivity index (χ0) is 23.6. The van der Waals surface area contributed by atoms with E-state index in [-0.39, 0.29) is 17.4 Å². The Morgan fingerprint density at radius 3 is 2.00 bits per heavy atom. The van der Waals surface area contributed by atoms with Crippen LogP contribution in [0.2, 0.25) is 0 Å². The van der Waals surface area contributed by atoms with Crippen LogP contribution < -0.4 is 10.9 Å². The SMILES string of the molecule is O=C(CCCn1nc(-c2ccccc2)ccc1=O)NCCC(c1ccccc1)c1ccccc1. The van der Waals surface area contributed by atoms with Crippen LogP contribution in [0.5, 0.6) is 0 Å². The summed E-state index contributed by atoms with van der Waals surface area (Å²) in [5, 5.41) is 7.51. The minimum Gasteiger partial charge on any atom is -0.356 e. The minimum absolute atomic E-state index is 0.00728. The highest BCUT2D eigenvalue weighted by atomic mass is 16.1. The van der Waals surface area contributed by atoms with E-state index in [1.165, 1.54) is 21.9 Å². The van der Waals surface area contributed by atoms with Gasteiger partial charge in [0.1, 0.15) is 0 Å². The van der Waals surface area contributed by atoms with E-state index in [1.807, 2.05) is 66.7 Å². The summed E-state index contributed by atoms with van der Waals surface area (Å²) in [7, 11) is 0. The summed E-state index contributed by atoms with van der Waals surface area (Å²) in [5.74, 6) is 0.221. The monoisotopic (exact) mass is 451 g/mol. The standard InChI is InChI=1S/C29H29N3O2/c33-28(17-10-22-32-29(34)19-18-27(31-32)25-15-8-3-9-16-25)30-21-20-26(23-11-4-1-5-12-23)24-13-6-2-7-14-24/h1-9,11-16,18-19,26H,10,17,20-22H2,(H,30,33). The maximum atomic E-state index is 12.4. The number of nitrogens with zero attached hydrogens (tertiary/aromatic N) is 2. The molecule has 4 rings (SSSR count). The van der Waals surface area contributed by atoms with Crippen LogP contribution in [0.25, 0.3) is 11.3 Å². The smallest absolute Gasteiger partial charge is 0.266 e. The molecule has 0 unspecified atom stereocenters. The summed E-state index contributed by atoms with van der Waals surface area (Å²) in [6.07, 6.45) is 1.72. The van der Waals surface area contributed by atoms with Crippen LogP contribution in [0.4, 0.5) is 0 Å². The van der Waals surface area contributed by atoms with Gasteiger partial charge in [-0.15, -0.1) is 0 Å². The molecule has 1 amide bonds. The van der Waals surface area contributed by atoms with Crippen molar-refractivity contribution in [3.63, 3.8) is 0 Å². The van der Waals surface area contributed by atoms with Crippen molar-refractivity contribution in [3.05, 3.63) is 125 Å². The lowest BCUT2D eigenvalue weighted by molar-refractivity contribution is -0.121. The maximum absolute atomic E-state index is 12.4. The Labute approximate surface area is 200 Å². The molecule has 0 spiro atoms. The van der Waals surface area contributed by atoms with Gasteiger partial charge in [-0.3, -0.25) is 9.59 Å². The summed E-state index contributed by atoms with van der Waals surface area (Å²) in [6, 6.07) is 33.8. The molecule has 34 heavy (non-hydrogen) atoms. The number of aromatic nitrogens is 2. The zero-order valence-corrected chi connectivity index (χ0v) is 19.1. The number of benzene rings is 3. The molecule has 0 fully saturated rings. The maximum Gasteiger partial charge on any atom is 0.266 e. The molecule has 4 aromatic rings. The van der Waals surface area contributed by atoms with E-state index < -0.39 is 0 Å². The van der Waals surface area contributed by atoms with E-state index in [4.69, 9.17) is 0 Å². The van der Waals surface area contributed by atoms with Gasteiger partial charge in [0.2, 0.25) is 5.91 Å². The fourth-order valence-corrected chi connectivity index (χ4v) is 4.10. The van der Waals surface area contributed by atoms with Gasteiger partial charge in [-0.2, -0.15) is 5.10 Å². The Balaban J connectivity index is 1.29. The van der Waals surface area contributed by atoms with Crippen LogP contribution in [-0.4, -0.2) is 22.2 Å². The fraction of sp³-hybridized carbons (Fsp3) is 0.207. The number of nitrogens with one attached hydrogen (secondary N) is 1. The lowest BCUT2D eigenvalue weighted by Gasteiger charge is -2.18. The van der Waals surface area contributed by atoms with Gasteiger partial charge in [0, 0.05) is 37.1 Å². The molecule has 1 heterocycles. The third-order valence-electron chi connectivity index (χ3n) is 5.87. The first-order chi connectivity index (χ1) is 16.7. The van der Waals surface area contributed by atoms with Gasteiger partial charge in [-0.25, -0.2) is 4.68 Å². The van der Waals surface area contributed by atoms with Crippen molar-refractivity contribution >= 4 is 5.91 Å². The number of aryl methyl sites for hydroxylation is 1. The second-order valence-corrected chi connectivity index (χ2v) is 8.26. The van der Waals surface area contributed by atoms with Crippen LogP contribution in [0.1, 0.15) is 36.3 Å². The molecule has 0 saturated heterocycles. The first-order valence-corrected chi connectivity index (χ1v) is 11.7.